The molecule has 0 aliphatic rings. The number of rotatable bonds is 6. The standard InChI is InChI=1S/C12H21N3O4/c1-9(13)15(11(17)18)8-6-4-5-7-12(2,14)10(16)19-3/h4,6,13H,5,7-8,14H2,1-3H3,(H,17,18)/b6-4-,13-9?. The maximum atomic E-state index is 11.3. The van der Waals surface area contributed by atoms with Crippen molar-refractivity contribution in [2.24, 2.45) is 5.73 Å². The third kappa shape index (κ3) is 6.01. The highest BCUT2D eigenvalue weighted by Crippen LogP contribution is 2.11. The summed E-state index contributed by atoms with van der Waals surface area (Å²) >= 11 is 0. The smallest absolute Gasteiger partial charge is 0.413 e. The number of methoxy groups -OCH3 is 1. The van der Waals surface area contributed by atoms with Crippen LogP contribution in [0.25, 0.3) is 0 Å². The molecular formula is C12H21N3O4. The Labute approximate surface area is 112 Å². The number of nitrogens with one attached hydrogen (secondary N) is 1. The van der Waals surface area contributed by atoms with Crippen LogP contribution in [0.5, 0.6) is 0 Å². The monoisotopic (exact) mass is 271 g/mol. The largest absolute Gasteiger partial charge is 0.468 e. The van der Waals surface area contributed by atoms with Crippen LogP contribution in [-0.4, -0.2) is 47.1 Å². The second-order valence-corrected chi connectivity index (χ2v) is 4.40. The van der Waals surface area contributed by atoms with Crippen LogP contribution in [0.1, 0.15) is 26.7 Å². The van der Waals surface area contributed by atoms with Gasteiger partial charge in [0.2, 0.25) is 0 Å². The first-order chi connectivity index (χ1) is 8.72. The normalized spacial score (nSPS) is 13.9. The van der Waals surface area contributed by atoms with Gasteiger partial charge in [0, 0.05) is 6.54 Å². The molecule has 4 N–H and O–H groups in total. The number of nitrogens with two attached hydrogens (primary N) is 1. The van der Waals surface area contributed by atoms with Crippen LogP contribution in [0, 0.1) is 5.41 Å². The molecule has 0 aliphatic heterocycles. The highest BCUT2D eigenvalue weighted by Gasteiger charge is 2.28. The summed E-state index contributed by atoms with van der Waals surface area (Å²) in [6, 6.07) is 0. The Kier molecular flexibility index (Phi) is 6.78. The average molecular weight is 271 g/mol. The Morgan fingerprint density at radius 2 is 2.05 bits per heavy atom. The number of carbonyl (C=O) groups excluding carboxylic acids is 1. The highest BCUT2D eigenvalue weighted by atomic mass is 16.5. The highest BCUT2D eigenvalue weighted by molar-refractivity contribution is 5.91. The minimum absolute atomic E-state index is 0.0460. The molecule has 0 saturated heterocycles. The molecule has 1 amide bonds. The number of hydrogen-bond acceptors (Lipinski definition) is 5. The van der Waals surface area contributed by atoms with Crippen molar-refractivity contribution >= 4 is 17.9 Å². The second kappa shape index (κ2) is 7.52. The molecule has 0 aromatic rings. The van der Waals surface area contributed by atoms with Gasteiger partial charge in [0.15, 0.2) is 0 Å². The number of carboxylic acid groups (broad SMARTS) is 1. The summed E-state index contributed by atoms with van der Waals surface area (Å²) in [6.07, 6.45) is 3.10. The maximum Gasteiger partial charge on any atom is 0.413 e. The van der Waals surface area contributed by atoms with Crippen molar-refractivity contribution in [2.75, 3.05) is 13.7 Å². The minimum Gasteiger partial charge on any atom is -0.468 e. The Bertz CT molecular complexity index is 363. The van der Waals surface area contributed by atoms with Crippen LogP contribution in [0.3, 0.4) is 0 Å². The molecule has 108 valence electrons. The van der Waals surface area contributed by atoms with Gasteiger partial charge in [-0.3, -0.25) is 15.1 Å². The van der Waals surface area contributed by atoms with E-state index in [1.165, 1.54) is 14.0 Å². The van der Waals surface area contributed by atoms with Gasteiger partial charge < -0.3 is 15.6 Å². The first-order valence-electron chi connectivity index (χ1n) is 5.80. The topological polar surface area (TPSA) is 117 Å². The molecule has 0 heterocycles. The van der Waals surface area contributed by atoms with E-state index in [0.717, 1.165) is 4.90 Å². The summed E-state index contributed by atoms with van der Waals surface area (Å²) in [5.74, 6) is -0.529. The fourth-order valence-electron chi connectivity index (χ4n) is 1.37. The van der Waals surface area contributed by atoms with Gasteiger partial charge in [-0.25, -0.2) is 4.79 Å². The van der Waals surface area contributed by atoms with Crippen molar-refractivity contribution in [3.05, 3.63) is 12.2 Å². The van der Waals surface area contributed by atoms with E-state index in [4.69, 9.17) is 16.2 Å². The van der Waals surface area contributed by atoms with Crippen molar-refractivity contribution < 1.29 is 19.4 Å². The number of allylic oxidation sites excluding steroid dienone is 1. The lowest BCUT2D eigenvalue weighted by Crippen LogP contribution is -2.45. The molecule has 0 aromatic heterocycles. The molecule has 0 bridgehead atoms. The number of ether oxygens (including phenoxy) is 1. The quantitative estimate of drug-likeness (QED) is 0.290. The third-order valence-corrected chi connectivity index (χ3v) is 2.57. The van der Waals surface area contributed by atoms with E-state index in [0.29, 0.717) is 12.8 Å². The fourth-order valence-corrected chi connectivity index (χ4v) is 1.37. The van der Waals surface area contributed by atoms with Crippen LogP contribution >= 0.6 is 0 Å². The van der Waals surface area contributed by atoms with Crippen LogP contribution in [0.4, 0.5) is 4.79 Å². The van der Waals surface area contributed by atoms with E-state index >= 15 is 0 Å². The van der Waals surface area contributed by atoms with Gasteiger partial charge in [0.25, 0.3) is 0 Å². The van der Waals surface area contributed by atoms with E-state index in [9.17, 15) is 9.59 Å². The lowest BCUT2D eigenvalue weighted by molar-refractivity contribution is -0.146. The van der Waals surface area contributed by atoms with Gasteiger partial charge in [-0.05, 0) is 26.7 Å². The molecule has 0 radical (unpaired) electrons. The van der Waals surface area contributed by atoms with E-state index in [1.807, 2.05) is 0 Å². The van der Waals surface area contributed by atoms with Gasteiger partial charge in [-0.15, -0.1) is 0 Å². The van der Waals surface area contributed by atoms with Crippen molar-refractivity contribution in [2.45, 2.75) is 32.2 Å². The molecule has 0 aromatic carbocycles. The average Bonchev–Trinajstić information content (AvgIpc) is 2.31. The number of carbonyl (C=O) groups is 2. The van der Waals surface area contributed by atoms with Crippen molar-refractivity contribution in [1.82, 2.24) is 4.90 Å². The lowest BCUT2D eigenvalue weighted by Gasteiger charge is -2.20. The van der Waals surface area contributed by atoms with Gasteiger partial charge in [-0.1, -0.05) is 12.2 Å². The fraction of sp³-hybridized carbons (Fsp3) is 0.583. The van der Waals surface area contributed by atoms with Crippen molar-refractivity contribution in [1.29, 1.82) is 5.41 Å². The van der Waals surface area contributed by atoms with E-state index < -0.39 is 17.6 Å². The summed E-state index contributed by atoms with van der Waals surface area (Å²) in [4.78, 5) is 23.0. The zero-order valence-corrected chi connectivity index (χ0v) is 11.5. The van der Waals surface area contributed by atoms with Gasteiger partial charge in [0.1, 0.15) is 11.4 Å². The number of amidine groups is 1. The van der Waals surface area contributed by atoms with Gasteiger partial charge in [0.05, 0.1) is 7.11 Å². The number of nitrogens with zero attached hydrogens (tertiary/aromatic N) is 1. The van der Waals surface area contributed by atoms with Crippen LogP contribution in [0.15, 0.2) is 12.2 Å². The Morgan fingerprint density at radius 1 is 1.47 bits per heavy atom. The SMILES string of the molecule is COC(=O)C(C)(N)CC/C=C\CN(C(C)=N)C(=O)O. The number of esters is 1. The van der Waals surface area contributed by atoms with Crippen molar-refractivity contribution in [3.8, 4) is 0 Å². The molecule has 7 heteroatoms. The summed E-state index contributed by atoms with van der Waals surface area (Å²) < 4.78 is 4.57. The van der Waals surface area contributed by atoms with Crippen LogP contribution in [-0.2, 0) is 9.53 Å². The zero-order chi connectivity index (χ0) is 15.1. The molecule has 1 unspecified atom stereocenters. The Hall–Kier alpha value is -1.89. The third-order valence-electron chi connectivity index (χ3n) is 2.57. The molecule has 0 fully saturated rings. The molecule has 7 nitrogen and oxygen atoms in total. The van der Waals surface area contributed by atoms with Crippen molar-refractivity contribution in [3.63, 3.8) is 0 Å². The lowest BCUT2D eigenvalue weighted by atomic mass is 9.97. The molecule has 0 rings (SSSR count). The number of amides is 1. The first-order valence-corrected chi connectivity index (χ1v) is 5.80. The van der Waals surface area contributed by atoms with Gasteiger partial charge >= 0.3 is 12.1 Å². The maximum absolute atomic E-state index is 11.3. The minimum atomic E-state index is -1.17. The summed E-state index contributed by atoms with van der Waals surface area (Å²) in [5, 5.41) is 16.1. The predicted octanol–water partition coefficient (Wildman–Crippen LogP) is 1.19. The van der Waals surface area contributed by atoms with Gasteiger partial charge in [-0.2, -0.15) is 0 Å². The Morgan fingerprint density at radius 3 is 2.47 bits per heavy atom. The number of hydrogen-bond donors (Lipinski definition) is 3. The zero-order valence-electron chi connectivity index (χ0n) is 11.5. The van der Waals surface area contributed by atoms with E-state index in [-0.39, 0.29) is 12.4 Å². The van der Waals surface area contributed by atoms with E-state index in [1.54, 1.807) is 19.1 Å². The molecule has 0 saturated carbocycles. The summed E-state index contributed by atoms with van der Waals surface area (Å²) in [6.45, 7) is 3.08. The Balaban J connectivity index is 4.21. The molecule has 1 atom stereocenters. The van der Waals surface area contributed by atoms with Crippen LogP contribution < -0.4 is 5.73 Å². The predicted molar refractivity (Wildman–Crippen MR) is 71.1 cm³/mol. The second-order valence-electron chi connectivity index (χ2n) is 4.40. The summed E-state index contributed by atoms with van der Waals surface area (Å²) in [7, 11) is 1.28. The molecule has 0 spiro atoms. The van der Waals surface area contributed by atoms with E-state index in [2.05, 4.69) is 4.74 Å². The molecular weight excluding hydrogens is 250 g/mol. The first kappa shape index (κ1) is 17.1. The van der Waals surface area contributed by atoms with Crippen LogP contribution in [0.2, 0.25) is 0 Å². The molecule has 19 heavy (non-hydrogen) atoms. The summed E-state index contributed by atoms with van der Waals surface area (Å²) in [5.41, 5.74) is 4.71. The molecule has 0 aliphatic carbocycles.